The highest BCUT2D eigenvalue weighted by Crippen LogP contribution is 2.27. The van der Waals surface area contributed by atoms with E-state index in [0.717, 1.165) is 37.0 Å². The molecule has 0 radical (unpaired) electrons. The third-order valence-corrected chi connectivity index (χ3v) is 4.11. The first-order chi connectivity index (χ1) is 9.61. The summed E-state index contributed by atoms with van der Waals surface area (Å²) in [6, 6.07) is 8.01. The Kier molecular flexibility index (Phi) is 5.01. The van der Waals surface area contributed by atoms with Crippen LogP contribution in [0.15, 0.2) is 24.3 Å². The van der Waals surface area contributed by atoms with Gasteiger partial charge in [0.05, 0.1) is 13.2 Å². The number of nitrogens with two attached hydrogens (primary N) is 1. The van der Waals surface area contributed by atoms with Gasteiger partial charge in [-0.3, -0.25) is 4.79 Å². The second kappa shape index (κ2) is 6.75. The van der Waals surface area contributed by atoms with E-state index in [1.807, 2.05) is 31.2 Å². The van der Waals surface area contributed by atoms with Crippen LogP contribution in [-0.2, 0) is 4.79 Å². The third kappa shape index (κ3) is 3.51. The number of carbonyl (C=O) groups is 1. The molecule has 20 heavy (non-hydrogen) atoms. The molecule has 0 aliphatic heterocycles. The molecule has 0 aromatic heterocycles. The molecule has 1 aromatic rings. The summed E-state index contributed by atoms with van der Waals surface area (Å²) in [5.74, 6) is 1.05. The molecule has 0 saturated heterocycles. The maximum absolute atomic E-state index is 12.3. The van der Waals surface area contributed by atoms with Crippen LogP contribution in [-0.4, -0.2) is 19.1 Å². The summed E-state index contributed by atoms with van der Waals surface area (Å²) in [7, 11) is 1.65. The van der Waals surface area contributed by atoms with Crippen molar-refractivity contribution >= 4 is 5.91 Å². The minimum absolute atomic E-state index is 0.0470. The van der Waals surface area contributed by atoms with Crippen molar-refractivity contribution in [3.8, 4) is 5.75 Å². The van der Waals surface area contributed by atoms with E-state index >= 15 is 0 Å². The van der Waals surface area contributed by atoms with Crippen molar-refractivity contribution < 1.29 is 9.53 Å². The number of hydrogen-bond acceptors (Lipinski definition) is 3. The summed E-state index contributed by atoms with van der Waals surface area (Å²) in [4.78, 5) is 12.3. The molecule has 3 N–H and O–H groups in total. The van der Waals surface area contributed by atoms with Crippen LogP contribution >= 0.6 is 0 Å². The van der Waals surface area contributed by atoms with Crippen molar-refractivity contribution in [2.45, 2.75) is 44.7 Å². The Morgan fingerprint density at radius 2 is 1.95 bits per heavy atom. The van der Waals surface area contributed by atoms with Crippen molar-refractivity contribution in [1.29, 1.82) is 0 Å². The van der Waals surface area contributed by atoms with Gasteiger partial charge in [0.15, 0.2) is 0 Å². The van der Waals surface area contributed by atoms with Crippen LogP contribution in [0.25, 0.3) is 0 Å². The Morgan fingerprint density at radius 1 is 1.30 bits per heavy atom. The monoisotopic (exact) mass is 276 g/mol. The molecule has 1 atom stereocenters. The van der Waals surface area contributed by atoms with Crippen molar-refractivity contribution in [3.63, 3.8) is 0 Å². The lowest BCUT2D eigenvalue weighted by molar-refractivity contribution is -0.126. The third-order valence-electron chi connectivity index (χ3n) is 4.11. The van der Waals surface area contributed by atoms with Crippen LogP contribution in [0.5, 0.6) is 5.75 Å². The van der Waals surface area contributed by atoms with Gasteiger partial charge < -0.3 is 15.8 Å². The smallest absolute Gasteiger partial charge is 0.223 e. The summed E-state index contributed by atoms with van der Waals surface area (Å²) in [5.41, 5.74) is 6.89. The molecule has 4 nitrogen and oxygen atoms in total. The molecule has 1 fully saturated rings. The molecule has 2 rings (SSSR count). The Labute approximate surface area is 120 Å². The molecular formula is C16H24N2O2. The highest BCUT2D eigenvalue weighted by molar-refractivity contribution is 5.79. The quantitative estimate of drug-likeness (QED) is 0.887. The number of benzene rings is 1. The lowest BCUT2D eigenvalue weighted by atomic mass is 9.85. The van der Waals surface area contributed by atoms with Crippen molar-refractivity contribution in [1.82, 2.24) is 5.32 Å². The van der Waals surface area contributed by atoms with E-state index in [-0.39, 0.29) is 23.9 Å². The predicted molar refractivity (Wildman–Crippen MR) is 79.5 cm³/mol. The van der Waals surface area contributed by atoms with Crippen molar-refractivity contribution in [2.75, 3.05) is 7.11 Å². The van der Waals surface area contributed by atoms with Crippen LogP contribution in [0.3, 0.4) is 0 Å². The van der Waals surface area contributed by atoms with Gasteiger partial charge in [-0.15, -0.1) is 0 Å². The molecule has 4 heteroatoms. The lowest BCUT2D eigenvalue weighted by Crippen LogP contribution is -2.37. The number of amides is 1. The Bertz CT molecular complexity index is 454. The fourth-order valence-corrected chi connectivity index (χ4v) is 2.81. The van der Waals surface area contributed by atoms with E-state index in [4.69, 9.17) is 10.5 Å². The second-order valence-corrected chi connectivity index (χ2v) is 5.58. The minimum Gasteiger partial charge on any atom is -0.496 e. The van der Waals surface area contributed by atoms with Crippen LogP contribution in [0.1, 0.15) is 44.2 Å². The molecule has 0 unspecified atom stereocenters. The fourth-order valence-electron chi connectivity index (χ4n) is 2.81. The summed E-state index contributed by atoms with van der Waals surface area (Å²) >= 11 is 0. The predicted octanol–water partition coefficient (Wildman–Crippen LogP) is 2.39. The zero-order valence-electron chi connectivity index (χ0n) is 12.3. The van der Waals surface area contributed by atoms with E-state index in [9.17, 15) is 4.79 Å². The van der Waals surface area contributed by atoms with Gasteiger partial charge >= 0.3 is 0 Å². The largest absolute Gasteiger partial charge is 0.496 e. The van der Waals surface area contributed by atoms with Crippen LogP contribution in [0.2, 0.25) is 0 Å². The number of hydrogen-bond donors (Lipinski definition) is 2. The number of carbonyl (C=O) groups excluding carboxylic acids is 1. The van der Waals surface area contributed by atoms with E-state index < -0.39 is 0 Å². The van der Waals surface area contributed by atoms with E-state index in [1.54, 1.807) is 7.11 Å². The molecule has 0 heterocycles. The van der Waals surface area contributed by atoms with Crippen molar-refractivity contribution in [3.05, 3.63) is 29.8 Å². The summed E-state index contributed by atoms with van der Waals surface area (Å²) < 4.78 is 5.34. The van der Waals surface area contributed by atoms with Gasteiger partial charge in [0, 0.05) is 17.5 Å². The van der Waals surface area contributed by atoms with Gasteiger partial charge in [0.2, 0.25) is 5.91 Å². The highest BCUT2D eigenvalue weighted by Gasteiger charge is 2.26. The van der Waals surface area contributed by atoms with Gasteiger partial charge in [-0.25, -0.2) is 0 Å². The van der Waals surface area contributed by atoms with E-state index in [0.29, 0.717) is 0 Å². The number of nitrogens with one attached hydrogen (secondary N) is 1. The topological polar surface area (TPSA) is 64.3 Å². The molecule has 0 bridgehead atoms. The Hall–Kier alpha value is -1.55. The zero-order valence-corrected chi connectivity index (χ0v) is 12.3. The standard InChI is InChI=1S/C16H24N2O2/c1-11(14-5-3-4-6-15(14)20-2)18-16(19)12-7-9-13(17)10-8-12/h3-6,11-13H,7-10,17H2,1-2H3,(H,18,19)/t11-,12?,13?/m1/s1. The van der Waals surface area contributed by atoms with Gasteiger partial charge in [0.1, 0.15) is 5.75 Å². The SMILES string of the molecule is COc1ccccc1[C@@H](C)NC(=O)C1CCC(N)CC1. The minimum atomic E-state index is -0.0470. The summed E-state index contributed by atoms with van der Waals surface area (Å²) in [6.07, 6.45) is 3.68. The first-order valence-electron chi connectivity index (χ1n) is 7.30. The second-order valence-electron chi connectivity index (χ2n) is 5.58. The summed E-state index contributed by atoms with van der Waals surface area (Å²) in [5, 5.41) is 3.10. The molecular weight excluding hydrogens is 252 g/mol. The summed E-state index contributed by atoms with van der Waals surface area (Å²) in [6.45, 7) is 1.99. The maximum atomic E-state index is 12.3. The Morgan fingerprint density at radius 3 is 2.60 bits per heavy atom. The lowest BCUT2D eigenvalue weighted by Gasteiger charge is -2.27. The van der Waals surface area contributed by atoms with E-state index in [2.05, 4.69) is 5.32 Å². The Balaban J connectivity index is 1.97. The molecule has 1 aliphatic carbocycles. The molecule has 1 aromatic carbocycles. The normalized spacial score (nSPS) is 23.9. The number of rotatable bonds is 4. The first-order valence-corrected chi connectivity index (χ1v) is 7.30. The first kappa shape index (κ1) is 14.9. The molecule has 0 spiro atoms. The average molecular weight is 276 g/mol. The average Bonchev–Trinajstić information content (AvgIpc) is 2.47. The van der Waals surface area contributed by atoms with Gasteiger partial charge in [-0.2, -0.15) is 0 Å². The van der Waals surface area contributed by atoms with Gasteiger partial charge in [-0.05, 0) is 38.7 Å². The van der Waals surface area contributed by atoms with Crippen LogP contribution in [0.4, 0.5) is 0 Å². The number of ether oxygens (including phenoxy) is 1. The molecule has 1 amide bonds. The number of methoxy groups -OCH3 is 1. The zero-order chi connectivity index (χ0) is 14.5. The fraction of sp³-hybridized carbons (Fsp3) is 0.562. The molecule has 110 valence electrons. The number of para-hydroxylation sites is 1. The maximum Gasteiger partial charge on any atom is 0.223 e. The van der Waals surface area contributed by atoms with E-state index in [1.165, 1.54) is 0 Å². The molecule has 1 aliphatic rings. The van der Waals surface area contributed by atoms with Crippen LogP contribution < -0.4 is 15.8 Å². The van der Waals surface area contributed by atoms with Gasteiger partial charge in [0.25, 0.3) is 0 Å². The van der Waals surface area contributed by atoms with Crippen molar-refractivity contribution in [2.24, 2.45) is 11.7 Å². The molecule has 1 saturated carbocycles. The van der Waals surface area contributed by atoms with Crippen LogP contribution in [0, 0.1) is 5.92 Å². The van der Waals surface area contributed by atoms with Gasteiger partial charge in [-0.1, -0.05) is 18.2 Å². The highest BCUT2D eigenvalue weighted by atomic mass is 16.5.